The van der Waals surface area contributed by atoms with Gasteiger partial charge in [-0.25, -0.2) is 0 Å². The smallest absolute Gasteiger partial charge is 0.306 e. The van der Waals surface area contributed by atoms with Crippen LogP contribution in [0.2, 0.25) is 13.1 Å². The van der Waals surface area contributed by atoms with Crippen molar-refractivity contribution < 1.29 is 19.4 Å². The predicted octanol–water partition coefficient (Wildman–Crippen LogP) is 1.38. The Morgan fingerprint density at radius 1 is 1.47 bits per heavy atom. The van der Waals surface area contributed by atoms with Crippen molar-refractivity contribution in [1.29, 1.82) is 0 Å². The number of carboxylic acid groups (broad SMARTS) is 1. The molecule has 0 saturated heterocycles. The largest absolute Gasteiger partial charge is 0.481 e. The molecule has 2 atom stereocenters. The average Bonchev–Trinajstić information content (AvgIpc) is 2.14. The van der Waals surface area contributed by atoms with Crippen LogP contribution in [0.4, 0.5) is 0 Å². The molecule has 5 heteroatoms. The molecule has 0 aromatic carbocycles. The number of carbonyl (C=O) groups is 1. The van der Waals surface area contributed by atoms with Crippen LogP contribution in [0.15, 0.2) is 0 Å². The van der Waals surface area contributed by atoms with E-state index in [0.29, 0.717) is 12.7 Å². The summed E-state index contributed by atoms with van der Waals surface area (Å²) in [7, 11) is -2.16. The molecule has 1 fully saturated rings. The summed E-state index contributed by atoms with van der Waals surface area (Å²) in [6.07, 6.45) is 3.63. The molecule has 1 saturated carbocycles. The number of hydrogen-bond acceptors (Lipinski definition) is 3. The molecule has 2 unspecified atom stereocenters. The molecule has 0 aromatic heterocycles. The Kier molecular flexibility index (Phi) is 4.30. The lowest BCUT2D eigenvalue weighted by Crippen LogP contribution is -2.37. The standard InChI is InChI=1S/C10H20O4Si/c1-15(2,13)7-14-9-5-3-4-8(6-9)10(11)12/h8-9,13H,3-7H2,1-2H3,(H,11,12). The Bertz CT molecular complexity index is 224. The monoisotopic (exact) mass is 232 g/mol. The van der Waals surface area contributed by atoms with Crippen molar-refractivity contribution in [3.63, 3.8) is 0 Å². The van der Waals surface area contributed by atoms with E-state index in [1.54, 1.807) is 0 Å². The van der Waals surface area contributed by atoms with Crippen LogP contribution in [0, 0.1) is 5.92 Å². The van der Waals surface area contributed by atoms with Crippen LogP contribution < -0.4 is 0 Å². The van der Waals surface area contributed by atoms with Gasteiger partial charge in [-0.15, -0.1) is 0 Å². The molecule has 1 aliphatic rings. The maximum absolute atomic E-state index is 10.8. The van der Waals surface area contributed by atoms with Crippen molar-refractivity contribution in [2.45, 2.75) is 44.9 Å². The Hall–Kier alpha value is -0.393. The molecule has 88 valence electrons. The maximum Gasteiger partial charge on any atom is 0.306 e. The van der Waals surface area contributed by atoms with Crippen LogP contribution in [-0.4, -0.2) is 36.5 Å². The first-order valence-corrected chi connectivity index (χ1v) is 8.61. The van der Waals surface area contributed by atoms with Gasteiger partial charge in [0, 0.05) is 0 Å². The zero-order valence-corrected chi connectivity index (χ0v) is 10.4. The Balaban J connectivity index is 2.34. The highest BCUT2D eigenvalue weighted by Crippen LogP contribution is 2.26. The van der Waals surface area contributed by atoms with Gasteiger partial charge in [0.15, 0.2) is 0 Å². The molecular formula is C10H20O4Si. The van der Waals surface area contributed by atoms with Crippen molar-refractivity contribution >= 4 is 14.3 Å². The molecule has 2 N–H and O–H groups in total. The topological polar surface area (TPSA) is 66.8 Å². The molecule has 15 heavy (non-hydrogen) atoms. The fraction of sp³-hybridized carbons (Fsp3) is 0.900. The van der Waals surface area contributed by atoms with E-state index in [0.717, 1.165) is 19.3 Å². The summed E-state index contributed by atoms with van der Waals surface area (Å²) in [6, 6.07) is 0. The van der Waals surface area contributed by atoms with E-state index in [1.807, 2.05) is 13.1 Å². The normalized spacial score (nSPS) is 27.7. The Labute approximate surface area is 91.4 Å². The highest BCUT2D eigenvalue weighted by molar-refractivity contribution is 6.69. The minimum absolute atomic E-state index is 0.0266. The zero-order chi connectivity index (χ0) is 11.5. The van der Waals surface area contributed by atoms with Crippen LogP contribution in [-0.2, 0) is 9.53 Å². The van der Waals surface area contributed by atoms with Crippen LogP contribution in [0.5, 0.6) is 0 Å². The summed E-state index contributed by atoms with van der Waals surface area (Å²) >= 11 is 0. The molecule has 0 aromatic rings. The second-order valence-corrected chi connectivity index (χ2v) is 8.86. The fourth-order valence-electron chi connectivity index (χ4n) is 1.84. The zero-order valence-electron chi connectivity index (χ0n) is 9.40. The Morgan fingerprint density at radius 3 is 2.67 bits per heavy atom. The summed E-state index contributed by atoms with van der Waals surface area (Å²) < 4.78 is 5.58. The molecule has 0 amide bonds. The minimum atomic E-state index is -2.16. The summed E-state index contributed by atoms with van der Waals surface area (Å²) in [5.41, 5.74) is 0. The Morgan fingerprint density at radius 2 is 2.13 bits per heavy atom. The van der Waals surface area contributed by atoms with Crippen LogP contribution >= 0.6 is 0 Å². The molecule has 0 radical (unpaired) electrons. The number of hydrogen-bond donors (Lipinski definition) is 2. The van der Waals surface area contributed by atoms with Crippen molar-refractivity contribution in [1.82, 2.24) is 0 Å². The van der Waals surface area contributed by atoms with Gasteiger partial charge in [-0.05, 0) is 32.4 Å². The van der Waals surface area contributed by atoms with E-state index in [2.05, 4.69) is 0 Å². The highest BCUT2D eigenvalue weighted by Gasteiger charge is 2.29. The van der Waals surface area contributed by atoms with Gasteiger partial charge >= 0.3 is 5.97 Å². The van der Waals surface area contributed by atoms with Gasteiger partial charge in [-0.3, -0.25) is 4.79 Å². The summed E-state index contributed by atoms with van der Waals surface area (Å²) in [5.74, 6) is -0.976. The van der Waals surface area contributed by atoms with E-state index >= 15 is 0 Å². The summed E-state index contributed by atoms with van der Waals surface area (Å²) in [4.78, 5) is 20.4. The first kappa shape index (κ1) is 12.7. The molecule has 0 heterocycles. The first-order valence-electron chi connectivity index (χ1n) is 5.45. The number of carboxylic acids is 1. The van der Waals surface area contributed by atoms with Crippen LogP contribution in [0.3, 0.4) is 0 Å². The SMILES string of the molecule is C[Si](C)(O)COC1CCCC(C(=O)O)C1. The lowest BCUT2D eigenvalue weighted by atomic mass is 9.87. The third-order valence-electron chi connectivity index (χ3n) is 2.65. The molecule has 0 aliphatic heterocycles. The van der Waals surface area contributed by atoms with Crippen LogP contribution in [0.1, 0.15) is 25.7 Å². The fourth-order valence-corrected chi connectivity index (χ4v) is 2.49. The minimum Gasteiger partial charge on any atom is -0.481 e. The average molecular weight is 232 g/mol. The predicted molar refractivity (Wildman–Crippen MR) is 59.0 cm³/mol. The van der Waals surface area contributed by atoms with Gasteiger partial charge in [-0.1, -0.05) is 6.42 Å². The van der Waals surface area contributed by atoms with Crippen LogP contribution in [0.25, 0.3) is 0 Å². The second-order valence-electron chi connectivity index (χ2n) is 4.95. The van der Waals surface area contributed by atoms with E-state index in [-0.39, 0.29) is 12.0 Å². The molecule has 4 nitrogen and oxygen atoms in total. The third kappa shape index (κ3) is 4.77. The molecule has 0 bridgehead atoms. The van der Waals surface area contributed by atoms with Crippen molar-refractivity contribution in [2.75, 3.05) is 6.23 Å². The van der Waals surface area contributed by atoms with Gasteiger partial charge in [0.1, 0.15) is 0 Å². The molecule has 0 spiro atoms. The first-order chi connectivity index (χ1) is 6.88. The van der Waals surface area contributed by atoms with E-state index in [1.165, 1.54) is 0 Å². The highest BCUT2D eigenvalue weighted by atomic mass is 28.4. The van der Waals surface area contributed by atoms with Gasteiger partial charge in [0.05, 0.1) is 18.3 Å². The molecule has 1 rings (SSSR count). The molecule has 1 aliphatic carbocycles. The van der Waals surface area contributed by atoms with E-state index in [9.17, 15) is 9.59 Å². The maximum atomic E-state index is 10.8. The lowest BCUT2D eigenvalue weighted by Gasteiger charge is -2.28. The number of aliphatic carboxylic acids is 1. The second kappa shape index (κ2) is 5.09. The van der Waals surface area contributed by atoms with Gasteiger partial charge in [-0.2, -0.15) is 0 Å². The van der Waals surface area contributed by atoms with E-state index in [4.69, 9.17) is 9.84 Å². The van der Waals surface area contributed by atoms with E-state index < -0.39 is 14.3 Å². The lowest BCUT2D eigenvalue weighted by molar-refractivity contribution is -0.144. The summed E-state index contributed by atoms with van der Waals surface area (Å²) in [5, 5.41) is 8.89. The summed E-state index contributed by atoms with van der Waals surface area (Å²) in [6.45, 7) is 3.65. The third-order valence-corrected chi connectivity index (χ3v) is 3.52. The number of ether oxygens (including phenoxy) is 1. The molecular weight excluding hydrogens is 212 g/mol. The van der Waals surface area contributed by atoms with Gasteiger partial charge in [0.25, 0.3) is 0 Å². The number of rotatable bonds is 4. The van der Waals surface area contributed by atoms with Gasteiger partial charge in [0.2, 0.25) is 8.32 Å². The van der Waals surface area contributed by atoms with Crippen molar-refractivity contribution in [3.05, 3.63) is 0 Å². The van der Waals surface area contributed by atoms with Crippen molar-refractivity contribution in [2.24, 2.45) is 5.92 Å². The quantitative estimate of drug-likeness (QED) is 0.719. The van der Waals surface area contributed by atoms with Gasteiger partial charge < -0.3 is 14.6 Å². The van der Waals surface area contributed by atoms with Crippen molar-refractivity contribution in [3.8, 4) is 0 Å².